The second-order valence-corrected chi connectivity index (χ2v) is 6.50. The van der Waals surface area contributed by atoms with Crippen LogP contribution in [0.5, 0.6) is 0 Å². The average Bonchev–Trinajstić information content (AvgIpc) is 2.60. The van der Waals surface area contributed by atoms with Gasteiger partial charge in [-0.1, -0.05) is 0 Å². The Hall–Kier alpha value is -2.77. The normalized spacial score (nSPS) is 26.8. The van der Waals surface area contributed by atoms with Crippen molar-refractivity contribution in [3.8, 4) is 0 Å². The molecule has 0 aromatic carbocycles. The number of hydrogen-bond donors (Lipinski definition) is 3. The molecule has 0 aromatic heterocycles. The lowest BCUT2D eigenvalue weighted by atomic mass is 9.96. The van der Waals surface area contributed by atoms with E-state index in [1.165, 1.54) is 6.92 Å². The summed E-state index contributed by atoms with van der Waals surface area (Å²) < 4.78 is 26.5. The van der Waals surface area contributed by atoms with Crippen molar-refractivity contribution in [2.75, 3.05) is 13.2 Å². The van der Waals surface area contributed by atoms with E-state index in [-0.39, 0.29) is 0 Å². The number of esters is 3. The van der Waals surface area contributed by atoms with Crippen molar-refractivity contribution >= 4 is 29.8 Å². The van der Waals surface area contributed by atoms with E-state index in [0.29, 0.717) is 0 Å². The fraction of sp³-hybridized carbons (Fsp3) is 0.706. The number of rotatable bonds is 9. The Balaban J connectivity index is 3.27. The van der Waals surface area contributed by atoms with Crippen LogP contribution >= 0.6 is 0 Å². The third-order valence-electron chi connectivity index (χ3n) is 3.83. The van der Waals surface area contributed by atoms with E-state index < -0.39 is 79.7 Å². The predicted molar refractivity (Wildman–Crippen MR) is 95.6 cm³/mol. The van der Waals surface area contributed by atoms with Gasteiger partial charge < -0.3 is 39.8 Å². The van der Waals surface area contributed by atoms with E-state index in [4.69, 9.17) is 34.5 Å². The van der Waals surface area contributed by atoms with Crippen LogP contribution in [0.15, 0.2) is 0 Å². The van der Waals surface area contributed by atoms with Crippen molar-refractivity contribution in [3.63, 3.8) is 0 Å². The summed E-state index contributed by atoms with van der Waals surface area (Å²) in [4.78, 5) is 57.1. The van der Waals surface area contributed by atoms with E-state index in [1.54, 1.807) is 0 Å². The summed E-state index contributed by atoms with van der Waals surface area (Å²) >= 11 is 0. The van der Waals surface area contributed by atoms with Gasteiger partial charge in [0.2, 0.25) is 5.91 Å². The number of hydrogen-bond acceptors (Lipinski definition) is 11. The molecular formula is C17H26N2O11. The average molecular weight is 434 g/mol. The summed E-state index contributed by atoms with van der Waals surface area (Å²) in [5, 5.41) is 11.4. The van der Waals surface area contributed by atoms with Crippen LogP contribution in [0.2, 0.25) is 0 Å². The highest BCUT2D eigenvalue weighted by molar-refractivity contribution is 5.74. The minimum absolute atomic E-state index is 0.400. The van der Waals surface area contributed by atoms with Gasteiger partial charge in [-0.2, -0.15) is 0 Å². The molecule has 0 saturated carbocycles. The third kappa shape index (κ3) is 7.93. The molecule has 1 amide bonds. The monoisotopic (exact) mass is 434 g/mol. The van der Waals surface area contributed by atoms with Crippen molar-refractivity contribution in [1.29, 1.82) is 0 Å². The van der Waals surface area contributed by atoms with Crippen LogP contribution in [-0.4, -0.2) is 84.8 Å². The van der Waals surface area contributed by atoms with Gasteiger partial charge in [0.05, 0.1) is 6.61 Å². The van der Waals surface area contributed by atoms with Gasteiger partial charge in [0.15, 0.2) is 18.5 Å². The number of aliphatic carboxylic acids is 1. The van der Waals surface area contributed by atoms with Crippen molar-refractivity contribution in [1.82, 2.24) is 5.32 Å². The molecule has 0 radical (unpaired) electrons. The molecule has 1 saturated heterocycles. The molecule has 170 valence electrons. The Bertz CT molecular complexity index is 668. The Kier molecular flexibility index (Phi) is 9.62. The first kappa shape index (κ1) is 25.3. The molecule has 0 aromatic rings. The van der Waals surface area contributed by atoms with Crippen molar-refractivity contribution in [2.24, 2.45) is 5.73 Å². The molecule has 0 bridgehead atoms. The zero-order valence-electron chi connectivity index (χ0n) is 17.0. The predicted octanol–water partition coefficient (Wildman–Crippen LogP) is -1.93. The fourth-order valence-electron chi connectivity index (χ4n) is 2.70. The molecular weight excluding hydrogens is 408 g/mol. The van der Waals surface area contributed by atoms with Crippen LogP contribution < -0.4 is 11.1 Å². The number of carboxylic acid groups (broad SMARTS) is 1. The van der Waals surface area contributed by atoms with Gasteiger partial charge >= 0.3 is 23.9 Å². The van der Waals surface area contributed by atoms with Gasteiger partial charge in [-0.3, -0.25) is 24.0 Å². The van der Waals surface area contributed by atoms with Gasteiger partial charge in [0, 0.05) is 27.7 Å². The van der Waals surface area contributed by atoms with Gasteiger partial charge in [0.1, 0.15) is 24.8 Å². The number of carbonyl (C=O) groups is 5. The Labute approximate surface area is 172 Å². The highest BCUT2D eigenvalue weighted by Gasteiger charge is 2.51. The highest BCUT2D eigenvalue weighted by Crippen LogP contribution is 2.28. The first-order valence-electron chi connectivity index (χ1n) is 8.92. The molecule has 30 heavy (non-hydrogen) atoms. The van der Waals surface area contributed by atoms with E-state index in [0.717, 1.165) is 20.8 Å². The van der Waals surface area contributed by atoms with E-state index in [9.17, 15) is 24.0 Å². The smallest absolute Gasteiger partial charge is 0.322 e. The van der Waals surface area contributed by atoms with Gasteiger partial charge in [-0.15, -0.1) is 0 Å². The Morgan fingerprint density at radius 1 is 1.00 bits per heavy atom. The largest absolute Gasteiger partial charge is 0.480 e. The number of amides is 1. The molecule has 3 unspecified atom stereocenters. The van der Waals surface area contributed by atoms with Crippen LogP contribution in [0.1, 0.15) is 27.7 Å². The minimum Gasteiger partial charge on any atom is -0.480 e. The number of carboxylic acids is 1. The number of nitrogens with one attached hydrogen (secondary N) is 1. The second kappa shape index (κ2) is 11.4. The quantitative estimate of drug-likeness (QED) is 0.269. The highest BCUT2D eigenvalue weighted by atomic mass is 16.7. The minimum atomic E-state index is -1.41. The van der Waals surface area contributed by atoms with E-state index in [1.807, 2.05) is 0 Å². The SMILES string of the molecule is CC(=O)NC1[C@H](OCC(N)C(=O)O)OC(COC(C)=O)[C@@H](OC(C)=O)[C@@H]1OC(C)=O. The summed E-state index contributed by atoms with van der Waals surface area (Å²) in [6.45, 7) is 3.62. The van der Waals surface area contributed by atoms with Crippen LogP contribution in [0, 0.1) is 0 Å². The second-order valence-electron chi connectivity index (χ2n) is 6.50. The summed E-state index contributed by atoms with van der Waals surface area (Å²) in [5.41, 5.74) is 5.43. The molecule has 1 aliphatic rings. The third-order valence-corrected chi connectivity index (χ3v) is 3.83. The van der Waals surface area contributed by atoms with Gasteiger partial charge in [-0.25, -0.2) is 0 Å². The lowest BCUT2D eigenvalue weighted by Gasteiger charge is -2.45. The summed E-state index contributed by atoms with van der Waals surface area (Å²) in [7, 11) is 0. The van der Waals surface area contributed by atoms with Crippen molar-refractivity contribution in [2.45, 2.75) is 64.4 Å². The molecule has 4 N–H and O–H groups in total. The topological polar surface area (TPSA) is 190 Å². The molecule has 1 heterocycles. The molecule has 13 heteroatoms. The molecule has 6 atom stereocenters. The Morgan fingerprint density at radius 3 is 2.03 bits per heavy atom. The molecule has 1 aliphatic heterocycles. The van der Waals surface area contributed by atoms with Crippen LogP contribution in [-0.2, 0) is 47.7 Å². The number of ether oxygens (including phenoxy) is 5. The number of nitrogens with two attached hydrogens (primary N) is 1. The zero-order valence-corrected chi connectivity index (χ0v) is 17.0. The standard InChI is InChI=1S/C17H26N2O11/c1-7(20)19-13-15(29-10(4)23)14(28-9(3)22)12(6-26-8(2)21)30-17(13)27-5-11(18)16(24)25/h11-15,17H,5-6,18H2,1-4H3,(H,19,20)(H,24,25)/t11?,12?,13?,14-,15-,17-/m1/s1. The van der Waals surface area contributed by atoms with E-state index >= 15 is 0 Å². The molecule has 1 rings (SSSR count). The van der Waals surface area contributed by atoms with Crippen LogP contribution in [0.4, 0.5) is 0 Å². The maximum absolute atomic E-state index is 11.7. The van der Waals surface area contributed by atoms with Crippen LogP contribution in [0.3, 0.4) is 0 Å². The maximum Gasteiger partial charge on any atom is 0.322 e. The molecule has 0 aliphatic carbocycles. The van der Waals surface area contributed by atoms with Crippen molar-refractivity contribution in [3.05, 3.63) is 0 Å². The molecule has 1 fully saturated rings. The summed E-state index contributed by atoms with van der Waals surface area (Å²) in [5.74, 6) is -4.06. The van der Waals surface area contributed by atoms with Gasteiger partial charge in [0.25, 0.3) is 0 Å². The summed E-state index contributed by atoms with van der Waals surface area (Å²) in [6, 6.07) is -2.60. The molecule has 0 spiro atoms. The zero-order chi connectivity index (χ0) is 23.0. The van der Waals surface area contributed by atoms with Gasteiger partial charge in [-0.05, 0) is 0 Å². The molecule has 13 nitrogen and oxygen atoms in total. The maximum atomic E-state index is 11.7. The Morgan fingerprint density at radius 2 is 1.57 bits per heavy atom. The lowest BCUT2D eigenvalue weighted by Crippen LogP contribution is -2.66. The fourth-order valence-corrected chi connectivity index (χ4v) is 2.70. The van der Waals surface area contributed by atoms with Crippen LogP contribution in [0.25, 0.3) is 0 Å². The van der Waals surface area contributed by atoms with E-state index in [2.05, 4.69) is 5.32 Å². The summed E-state index contributed by atoms with van der Waals surface area (Å²) in [6.07, 6.45) is -5.08. The lowest BCUT2D eigenvalue weighted by molar-refractivity contribution is -0.278. The van der Waals surface area contributed by atoms with Crippen molar-refractivity contribution < 1.29 is 52.8 Å². The first-order valence-corrected chi connectivity index (χ1v) is 8.92. The number of carbonyl (C=O) groups excluding carboxylic acids is 4. The first-order chi connectivity index (χ1) is 13.9.